The van der Waals surface area contributed by atoms with Gasteiger partial charge in [0.1, 0.15) is 0 Å². The highest BCUT2D eigenvalue weighted by molar-refractivity contribution is 9.10. The molecule has 0 saturated heterocycles. The Bertz CT molecular complexity index is 678. The van der Waals surface area contributed by atoms with Crippen LogP contribution in [0.25, 0.3) is 0 Å². The van der Waals surface area contributed by atoms with Crippen molar-refractivity contribution in [1.29, 1.82) is 0 Å². The van der Waals surface area contributed by atoms with Crippen LogP contribution in [-0.4, -0.2) is 12.5 Å². The third kappa shape index (κ3) is 3.89. The number of hydrogen-bond acceptors (Lipinski definition) is 2. The van der Waals surface area contributed by atoms with Crippen molar-refractivity contribution in [2.45, 2.75) is 26.2 Å². The third-order valence-electron chi connectivity index (χ3n) is 3.82. The van der Waals surface area contributed by atoms with Crippen LogP contribution < -0.4 is 11.1 Å². The average Bonchev–Trinajstić information content (AvgIpc) is 2.48. The molecule has 3 N–H and O–H groups in total. The fraction of sp³-hybridized carbons (Fsp3) is 0.278. The molecular formula is C18H21BrN2O. The Hall–Kier alpha value is -1.81. The van der Waals surface area contributed by atoms with Crippen LogP contribution in [0, 0.1) is 6.92 Å². The van der Waals surface area contributed by atoms with Gasteiger partial charge >= 0.3 is 0 Å². The van der Waals surface area contributed by atoms with E-state index in [4.69, 9.17) is 5.73 Å². The van der Waals surface area contributed by atoms with Crippen LogP contribution in [0.3, 0.4) is 0 Å². The van der Waals surface area contributed by atoms with Gasteiger partial charge in [-0.2, -0.15) is 0 Å². The molecule has 2 aromatic carbocycles. The Morgan fingerprint density at radius 1 is 1.18 bits per heavy atom. The summed E-state index contributed by atoms with van der Waals surface area (Å²) in [6, 6.07) is 13.6. The smallest absolute Gasteiger partial charge is 0.251 e. The largest absolute Gasteiger partial charge is 0.399 e. The van der Waals surface area contributed by atoms with Crippen LogP contribution in [0.15, 0.2) is 46.9 Å². The van der Waals surface area contributed by atoms with E-state index in [-0.39, 0.29) is 11.3 Å². The molecule has 1 amide bonds. The molecule has 2 rings (SSSR count). The fourth-order valence-corrected chi connectivity index (χ4v) is 2.55. The molecule has 0 atom stereocenters. The van der Waals surface area contributed by atoms with Gasteiger partial charge in [0.15, 0.2) is 0 Å². The Balaban J connectivity index is 2.09. The third-order valence-corrected chi connectivity index (χ3v) is 4.35. The van der Waals surface area contributed by atoms with E-state index in [0.29, 0.717) is 17.8 Å². The number of nitrogen functional groups attached to an aromatic ring is 1. The summed E-state index contributed by atoms with van der Waals surface area (Å²) in [7, 11) is 0. The van der Waals surface area contributed by atoms with Crippen molar-refractivity contribution in [2.24, 2.45) is 0 Å². The summed E-state index contributed by atoms with van der Waals surface area (Å²) in [4.78, 5) is 12.4. The van der Waals surface area contributed by atoms with Crippen molar-refractivity contribution in [3.8, 4) is 0 Å². The maximum absolute atomic E-state index is 12.4. The van der Waals surface area contributed by atoms with Gasteiger partial charge in [0, 0.05) is 27.7 Å². The first-order chi connectivity index (χ1) is 10.3. The number of benzene rings is 2. The maximum Gasteiger partial charge on any atom is 0.251 e. The Labute approximate surface area is 140 Å². The van der Waals surface area contributed by atoms with Crippen LogP contribution in [-0.2, 0) is 5.41 Å². The summed E-state index contributed by atoms with van der Waals surface area (Å²) in [5.41, 5.74) is 8.96. The topological polar surface area (TPSA) is 55.1 Å². The quantitative estimate of drug-likeness (QED) is 0.808. The van der Waals surface area contributed by atoms with E-state index < -0.39 is 0 Å². The summed E-state index contributed by atoms with van der Waals surface area (Å²) in [5.74, 6) is -0.0880. The molecule has 3 nitrogen and oxygen atoms in total. The fourth-order valence-electron chi connectivity index (χ4n) is 2.28. The predicted octanol–water partition coefficient (Wildman–Crippen LogP) is 4.05. The lowest BCUT2D eigenvalue weighted by molar-refractivity contribution is 0.0945. The number of aryl methyl sites for hydroxylation is 1. The first-order valence-corrected chi connectivity index (χ1v) is 7.99. The average molecular weight is 361 g/mol. The number of anilines is 1. The molecule has 0 aromatic heterocycles. The molecule has 0 saturated carbocycles. The SMILES string of the molecule is Cc1ccc(N)cc1C(=O)NCC(C)(C)c1ccc(Br)cc1. The summed E-state index contributed by atoms with van der Waals surface area (Å²) in [6.45, 7) is 6.70. The van der Waals surface area contributed by atoms with Gasteiger partial charge in [-0.25, -0.2) is 0 Å². The summed E-state index contributed by atoms with van der Waals surface area (Å²) in [6.07, 6.45) is 0. The Kier molecular flexibility index (Phi) is 4.91. The van der Waals surface area contributed by atoms with E-state index in [1.54, 1.807) is 12.1 Å². The predicted molar refractivity (Wildman–Crippen MR) is 95.1 cm³/mol. The molecule has 0 fully saturated rings. The zero-order chi connectivity index (χ0) is 16.3. The van der Waals surface area contributed by atoms with E-state index in [1.807, 2.05) is 25.1 Å². The van der Waals surface area contributed by atoms with Crippen LogP contribution >= 0.6 is 15.9 Å². The lowest BCUT2D eigenvalue weighted by Crippen LogP contribution is -2.37. The minimum Gasteiger partial charge on any atom is -0.399 e. The highest BCUT2D eigenvalue weighted by Crippen LogP contribution is 2.24. The van der Waals surface area contributed by atoms with Gasteiger partial charge in [0.05, 0.1) is 0 Å². The van der Waals surface area contributed by atoms with E-state index in [1.165, 1.54) is 5.56 Å². The lowest BCUT2D eigenvalue weighted by atomic mass is 9.84. The number of hydrogen-bond donors (Lipinski definition) is 2. The normalized spacial score (nSPS) is 11.3. The highest BCUT2D eigenvalue weighted by Gasteiger charge is 2.22. The molecule has 0 bridgehead atoms. The second-order valence-corrected chi connectivity index (χ2v) is 7.06. The number of halogens is 1. The molecular weight excluding hydrogens is 340 g/mol. The van der Waals surface area contributed by atoms with Gasteiger partial charge < -0.3 is 11.1 Å². The number of carbonyl (C=O) groups excluding carboxylic acids is 1. The van der Waals surface area contributed by atoms with Crippen LogP contribution in [0.2, 0.25) is 0 Å². The number of rotatable bonds is 4. The summed E-state index contributed by atoms with van der Waals surface area (Å²) < 4.78 is 1.05. The molecule has 0 spiro atoms. The lowest BCUT2D eigenvalue weighted by Gasteiger charge is -2.26. The number of amides is 1. The zero-order valence-electron chi connectivity index (χ0n) is 13.1. The highest BCUT2D eigenvalue weighted by atomic mass is 79.9. The maximum atomic E-state index is 12.4. The van der Waals surface area contributed by atoms with Crippen molar-refractivity contribution >= 4 is 27.5 Å². The molecule has 4 heteroatoms. The number of nitrogens with two attached hydrogens (primary N) is 1. The number of carbonyl (C=O) groups is 1. The molecule has 0 unspecified atom stereocenters. The van der Waals surface area contributed by atoms with Gasteiger partial charge in [0.2, 0.25) is 0 Å². The van der Waals surface area contributed by atoms with E-state index in [2.05, 4.69) is 47.2 Å². The minimum absolute atomic E-state index is 0.0880. The van der Waals surface area contributed by atoms with Crippen molar-refractivity contribution in [2.75, 3.05) is 12.3 Å². The van der Waals surface area contributed by atoms with Crippen molar-refractivity contribution < 1.29 is 4.79 Å². The van der Waals surface area contributed by atoms with Gasteiger partial charge in [-0.15, -0.1) is 0 Å². The summed E-state index contributed by atoms with van der Waals surface area (Å²) in [5, 5.41) is 3.01. The molecule has 116 valence electrons. The molecule has 22 heavy (non-hydrogen) atoms. The molecule has 0 heterocycles. The van der Waals surface area contributed by atoms with Crippen LogP contribution in [0.1, 0.15) is 35.3 Å². The first kappa shape index (κ1) is 16.6. The molecule has 0 aliphatic rings. The van der Waals surface area contributed by atoms with Crippen LogP contribution in [0.5, 0.6) is 0 Å². The number of nitrogens with one attached hydrogen (secondary N) is 1. The first-order valence-electron chi connectivity index (χ1n) is 7.20. The van der Waals surface area contributed by atoms with Gasteiger partial charge in [0.25, 0.3) is 5.91 Å². The second-order valence-electron chi connectivity index (χ2n) is 6.15. The van der Waals surface area contributed by atoms with E-state index in [9.17, 15) is 4.79 Å². The Morgan fingerprint density at radius 3 is 2.45 bits per heavy atom. The Morgan fingerprint density at radius 2 is 1.82 bits per heavy atom. The summed E-state index contributed by atoms with van der Waals surface area (Å²) >= 11 is 3.44. The monoisotopic (exact) mass is 360 g/mol. The van der Waals surface area contributed by atoms with Gasteiger partial charge in [-0.3, -0.25) is 4.79 Å². The molecule has 0 radical (unpaired) electrons. The molecule has 0 aliphatic heterocycles. The van der Waals surface area contributed by atoms with E-state index >= 15 is 0 Å². The van der Waals surface area contributed by atoms with Gasteiger partial charge in [-0.05, 0) is 42.3 Å². The standard InChI is InChI=1S/C18H21BrN2O/c1-12-4-9-15(20)10-16(12)17(22)21-11-18(2,3)13-5-7-14(19)8-6-13/h4-10H,11,20H2,1-3H3,(H,21,22). The minimum atomic E-state index is -0.148. The molecule has 2 aromatic rings. The molecule has 0 aliphatic carbocycles. The van der Waals surface area contributed by atoms with Crippen molar-refractivity contribution in [1.82, 2.24) is 5.32 Å². The zero-order valence-corrected chi connectivity index (χ0v) is 14.7. The second kappa shape index (κ2) is 6.53. The van der Waals surface area contributed by atoms with Crippen LogP contribution in [0.4, 0.5) is 5.69 Å². The van der Waals surface area contributed by atoms with Crippen molar-refractivity contribution in [3.63, 3.8) is 0 Å². The van der Waals surface area contributed by atoms with Gasteiger partial charge in [-0.1, -0.05) is 48.0 Å². The van der Waals surface area contributed by atoms with Crippen molar-refractivity contribution in [3.05, 3.63) is 63.6 Å². The van der Waals surface area contributed by atoms with E-state index in [0.717, 1.165) is 10.0 Å².